The molecule has 1 aliphatic heterocycles. The van der Waals surface area contributed by atoms with Crippen molar-refractivity contribution < 1.29 is 22.8 Å². The highest BCUT2D eigenvalue weighted by atomic mass is 32.2. The third-order valence-corrected chi connectivity index (χ3v) is 9.65. The van der Waals surface area contributed by atoms with Crippen molar-refractivity contribution in [1.29, 1.82) is 0 Å². The lowest BCUT2D eigenvalue weighted by atomic mass is 9.93. The Morgan fingerprint density at radius 3 is 1.96 bits per heavy atom. The summed E-state index contributed by atoms with van der Waals surface area (Å²) in [5, 5.41) is 2.89. The fourth-order valence-corrected chi connectivity index (χ4v) is 7.07. The maximum atomic E-state index is 14.0. The van der Waals surface area contributed by atoms with Crippen LogP contribution in [0.15, 0.2) is 103 Å². The fourth-order valence-electron chi connectivity index (χ4n) is 6.61. The summed E-state index contributed by atoms with van der Waals surface area (Å²) in [6, 6.07) is 33.8. The highest BCUT2D eigenvalue weighted by molar-refractivity contribution is 7.89. The fraction of sp³-hybridized carbons (Fsp3) is 0.325. The number of rotatable bonds is 14. The summed E-state index contributed by atoms with van der Waals surface area (Å²) in [6.45, 7) is 5.01. The Morgan fingerprint density at radius 2 is 1.34 bits per heavy atom. The lowest BCUT2D eigenvalue weighted by Crippen LogP contribution is -2.55. The number of piperazine rings is 1. The molecule has 0 spiro atoms. The summed E-state index contributed by atoms with van der Waals surface area (Å²) in [6.07, 6.45) is 4.08. The van der Waals surface area contributed by atoms with Gasteiger partial charge in [-0.2, -0.15) is 0 Å². The zero-order valence-corrected chi connectivity index (χ0v) is 29.6. The topological polar surface area (TPSA) is 116 Å². The predicted octanol–water partition coefficient (Wildman–Crippen LogP) is 4.53. The van der Waals surface area contributed by atoms with Gasteiger partial charge in [-0.05, 0) is 71.2 Å². The molecule has 50 heavy (non-hydrogen) atoms. The molecule has 3 amide bonds. The highest BCUT2D eigenvalue weighted by Crippen LogP contribution is 2.22. The minimum absolute atomic E-state index is 0.0359. The van der Waals surface area contributed by atoms with Gasteiger partial charge in [0, 0.05) is 57.7 Å². The van der Waals surface area contributed by atoms with Crippen molar-refractivity contribution in [2.24, 2.45) is 0 Å². The molecule has 0 radical (unpaired) electrons. The van der Waals surface area contributed by atoms with E-state index in [1.54, 1.807) is 12.1 Å². The first-order valence-electron chi connectivity index (χ1n) is 17.1. The molecular weight excluding hydrogens is 649 g/mol. The van der Waals surface area contributed by atoms with E-state index >= 15 is 0 Å². The standard InChI is InChI=1S/C40H46N4O5S/c1-30(45)41-23-22-34-13-7-9-15-37(34)27-36-14-8-6-12-33(36)20-21-39(46)44-25-24-43(28-32-10-4-3-5-11-32)29-38(44)26-31-16-18-35(19-17-31)40(47)42-50(2,48)49/h3-19,38H,20-29H2,1-2H3,(H,41,45)(H,42,47)/t38-/m1/s1. The summed E-state index contributed by atoms with van der Waals surface area (Å²) in [5.74, 6) is -0.591. The minimum Gasteiger partial charge on any atom is -0.356 e. The third-order valence-electron chi connectivity index (χ3n) is 9.10. The van der Waals surface area contributed by atoms with Crippen molar-refractivity contribution in [3.63, 3.8) is 0 Å². The molecule has 4 aromatic carbocycles. The zero-order valence-electron chi connectivity index (χ0n) is 28.8. The second-order valence-corrected chi connectivity index (χ2v) is 14.8. The molecular formula is C40H46N4O5S. The molecule has 1 aliphatic rings. The molecule has 0 aliphatic carbocycles. The van der Waals surface area contributed by atoms with Gasteiger partial charge in [0.1, 0.15) is 0 Å². The van der Waals surface area contributed by atoms with Gasteiger partial charge in [0.25, 0.3) is 5.91 Å². The Morgan fingerprint density at radius 1 is 0.740 bits per heavy atom. The Labute approximate surface area is 295 Å². The van der Waals surface area contributed by atoms with Crippen molar-refractivity contribution in [3.8, 4) is 0 Å². The quantitative estimate of drug-likeness (QED) is 0.201. The van der Waals surface area contributed by atoms with E-state index in [1.807, 2.05) is 64.2 Å². The average Bonchev–Trinajstić information content (AvgIpc) is 3.08. The number of aryl methyl sites for hydroxylation is 1. The van der Waals surface area contributed by atoms with Gasteiger partial charge < -0.3 is 10.2 Å². The molecule has 4 aromatic rings. The summed E-state index contributed by atoms with van der Waals surface area (Å²) in [5.41, 5.74) is 7.21. The number of sulfonamides is 1. The SMILES string of the molecule is CC(=O)NCCc1ccccc1Cc1ccccc1CCC(=O)N1CCN(Cc2ccccc2)C[C@H]1Cc1ccc(C(=O)NS(C)(=O)=O)cc1. The van der Waals surface area contributed by atoms with Crippen molar-refractivity contribution in [2.75, 3.05) is 32.4 Å². The van der Waals surface area contributed by atoms with E-state index in [9.17, 15) is 22.8 Å². The Bertz CT molecular complexity index is 1880. The van der Waals surface area contributed by atoms with Crippen molar-refractivity contribution >= 4 is 27.7 Å². The van der Waals surface area contributed by atoms with Crippen LogP contribution < -0.4 is 10.0 Å². The second kappa shape index (κ2) is 17.2. The van der Waals surface area contributed by atoms with Crippen LogP contribution in [-0.2, 0) is 51.8 Å². The molecule has 262 valence electrons. The molecule has 0 saturated carbocycles. The highest BCUT2D eigenvalue weighted by Gasteiger charge is 2.30. The minimum atomic E-state index is -3.67. The maximum absolute atomic E-state index is 14.0. The van der Waals surface area contributed by atoms with Crippen LogP contribution in [0.4, 0.5) is 0 Å². The monoisotopic (exact) mass is 694 g/mol. The Balaban J connectivity index is 1.28. The molecule has 1 atom stereocenters. The Kier molecular flexibility index (Phi) is 12.6. The largest absolute Gasteiger partial charge is 0.356 e. The van der Waals surface area contributed by atoms with Gasteiger partial charge >= 0.3 is 0 Å². The number of nitrogens with one attached hydrogen (secondary N) is 2. The third kappa shape index (κ3) is 10.9. The van der Waals surface area contributed by atoms with Gasteiger partial charge in [-0.15, -0.1) is 0 Å². The number of nitrogens with zero attached hydrogens (tertiary/aromatic N) is 2. The van der Waals surface area contributed by atoms with Gasteiger partial charge in [-0.3, -0.25) is 19.3 Å². The predicted molar refractivity (Wildman–Crippen MR) is 196 cm³/mol. The van der Waals surface area contributed by atoms with Gasteiger partial charge in [0.15, 0.2) is 0 Å². The second-order valence-electron chi connectivity index (χ2n) is 13.0. The first kappa shape index (κ1) is 36.5. The van der Waals surface area contributed by atoms with Gasteiger partial charge in [-0.25, -0.2) is 13.1 Å². The van der Waals surface area contributed by atoms with E-state index in [0.717, 1.165) is 43.3 Å². The molecule has 1 saturated heterocycles. The smallest absolute Gasteiger partial charge is 0.264 e. The van der Waals surface area contributed by atoms with Gasteiger partial charge in [0.2, 0.25) is 21.8 Å². The van der Waals surface area contributed by atoms with E-state index in [2.05, 4.69) is 46.6 Å². The number of carbonyl (C=O) groups excluding carboxylic acids is 3. The van der Waals surface area contributed by atoms with Crippen LogP contribution in [0.5, 0.6) is 0 Å². The molecule has 9 nitrogen and oxygen atoms in total. The lowest BCUT2D eigenvalue weighted by molar-refractivity contribution is -0.136. The zero-order chi connectivity index (χ0) is 35.5. The lowest BCUT2D eigenvalue weighted by Gasteiger charge is -2.42. The van der Waals surface area contributed by atoms with Crippen LogP contribution in [0.2, 0.25) is 0 Å². The summed E-state index contributed by atoms with van der Waals surface area (Å²) in [4.78, 5) is 42.1. The van der Waals surface area contributed by atoms with Gasteiger partial charge in [0.05, 0.1) is 6.26 Å². The number of hydrogen-bond donors (Lipinski definition) is 2. The summed E-state index contributed by atoms with van der Waals surface area (Å²) < 4.78 is 25.1. The first-order valence-corrected chi connectivity index (χ1v) is 19.0. The van der Waals surface area contributed by atoms with Crippen LogP contribution in [-0.4, -0.2) is 74.4 Å². The molecule has 0 bridgehead atoms. The average molecular weight is 695 g/mol. The number of amides is 3. The van der Waals surface area contributed by atoms with Crippen LogP contribution in [0, 0.1) is 0 Å². The van der Waals surface area contributed by atoms with E-state index in [1.165, 1.54) is 29.2 Å². The molecule has 5 rings (SSSR count). The van der Waals surface area contributed by atoms with Crippen molar-refractivity contribution in [3.05, 3.63) is 142 Å². The molecule has 2 N–H and O–H groups in total. The summed E-state index contributed by atoms with van der Waals surface area (Å²) >= 11 is 0. The van der Waals surface area contributed by atoms with E-state index < -0.39 is 15.9 Å². The number of carbonyl (C=O) groups is 3. The normalized spacial score (nSPS) is 15.0. The number of benzene rings is 4. The molecule has 10 heteroatoms. The van der Waals surface area contributed by atoms with Crippen LogP contribution >= 0.6 is 0 Å². The number of hydrogen-bond acceptors (Lipinski definition) is 6. The van der Waals surface area contributed by atoms with Crippen LogP contribution in [0.25, 0.3) is 0 Å². The first-order chi connectivity index (χ1) is 24.0. The van der Waals surface area contributed by atoms with Crippen molar-refractivity contribution in [2.45, 2.75) is 51.6 Å². The van der Waals surface area contributed by atoms with E-state index in [4.69, 9.17) is 0 Å². The van der Waals surface area contributed by atoms with Crippen LogP contribution in [0.3, 0.4) is 0 Å². The maximum Gasteiger partial charge on any atom is 0.264 e. The molecule has 0 aromatic heterocycles. The van der Waals surface area contributed by atoms with Crippen LogP contribution in [0.1, 0.15) is 57.1 Å². The van der Waals surface area contributed by atoms with E-state index in [-0.39, 0.29) is 23.4 Å². The molecule has 0 unspecified atom stereocenters. The van der Waals surface area contributed by atoms with E-state index in [0.29, 0.717) is 38.9 Å². The Hall–Kier alpha value is -4.80. The van der Waals surface area contributed by atoms with Crippen molar-refractivity contribution in [1.82, 2.24) is 19.8 Å². The van der Waals surface area contributed by atoms with Gasteiger partial charge in [-0.1, -0.05) is 91.0 Å². The summed E-state index contributed by atoms with van der Waals surface area (Å²) in [7, 11) is -3.67. The molecule has 1 fully saturated rings. The molecule has 1 heterocycles.